The second kappa shape index (κ2) is 8.98. The molecule has 2 aromatic heterocycles. The van der Waals surface area contributed by atoms with Gasteiger partial charge in [-0.05, 0) is 50.4 Å². The molecule has 144 valence electrons. The fourth-order valence-electron chi connectivity index (χ4n) is 3.12. The smallest absolute Gasteiger partial charge is 0.226 e. The molecule has 2 heterocycles. The largest absolute Gasteiger partial charge is 0.456 e. The molecule has 3 rings (SSSR count). The van der Waals surface area contributed by atoms with Gasteiger partial charge >= 0.3 is 0 Å². The first kappa shape index (κ1) is 20.0. The zero-order valence-electron chi connectivity index (χ0n) is 16.7. The standard InChI is InChI=1S/C23H24ClN3O/c1-5-9-11-19-17(8-4)18-13-12-16(14-20(18)28-19)22-25-21(26-23(24)27-22)15(7-3)10-6-2/h6-7,9-14H,5,8H2,1-4H3/b10-6-,11-9-,15-7+. The summed E-state index contributed by atoms with van der Waals surface area (Å²) >= 11 is 6.18. The van der Waals surface area contributed by atoms with Crippen LogP contribution in [0.1, 0.15) is 51.3 Å². The summed E-state index contributed by atoms with van der Waals surface area (Å²) in [6.45, 7) is 8.14. The highest BCUT2D eigenvalue weighted by molar-refractivity contribution is 6.28. The van der Waals surface area contributed by atoms with Gasteiger partial charge in [0.2, 0.25) is 5.28 Å². The molecule has 0 radical (unpaired) electrons. The third-order valence-corrected chi connectivity index (χ3v) is 4.63. The van der Waals surface area contributed by atoms with Crippen molar-refractivity contribution in [3.63, 3.8) is 0 Å². The van der Waals surface area contributed by atoms with Crippen molar-refractivity contribution in [2.45, 2.75) is 40.5 Å². The average Bonchev–Trinajstić information content (AvgIpc) is 3.06. The van der Waals surface area contributed by atoms with Crippen LogP contribution in [0.25, 0.3) is 34.0 Å². The number of fused-ring (bicyclic) bond motifs is 1. The Balaban J connectivity index is 2.11. The molecule has 3 aromatic rings. The molecule has 0 spiro atoms. The average molecular weight is 394 g/mol. The molecule has 0 unspecified atom stereocenters. The van der Waals surface area contributed by atoms with Crippen LogP contribution in [-0.4, -0.2) is 15.0 Å². The van der Waals surface area contributed by atoms with Crippen molar-refractivity contribution >= 4 is 34.2 Å². The van der Waals surface area contributed by atoms with Crippen LogP contribution in [0.5, 0.6) is 0 Å². The highest BCUT2D eigenvalue weighted by Gasteiger charge is 2.14. The summed E-state index contributed by atoms with van der Waals surface area (Å²) in [6.07, 6.45) is 11.9. The monoisotopic (exact) mass is 393 g/mol. The maximum atomic E-state index is 6.18. The normalized spacial score (nSPS) is 12.7. The van der Waals surface area contributed by atoms with E-state index >= 15 is 0 Å². The lowest BCUT2D eigenvalue weighted by Gasteiger charge is -2.05. The van der Waals surface area contributed by atoms with E-state index in [-0.39, 0.29) is 5.28 Å². The lowest BCUT2D eigenvalue weighted by molar-refractivity contribution is 0.599. The summed E-state index contributed by atoms with van der Waals surface area (Å²) in [5.74, 6) is 1.99. The van der Waals surface area contributed by atoms with Crippen LogP contribution >= 0.6 is 11.6 Å². The summed E-state index contributed by atoms with van der Waals surface area (Å²) in [5, 5.41) is 1.29. The third kappa shape index (κ3) is 4.07. The van der Waals surface area contributed by atoms with E-state index in [9.17, 15) is 0 Å². The highest BCUT2D eigenvalue weighted by atomic mass is 35.5. The minimum absolute atomic E-state index is 0.171. The van der Waals surface area contributed by atoms with Gasteiger partial charge in [-0.2, -0.15) is 9.97 Å². The Labute approximate surface area is 170 Å². The summed E-state index contributed by atoms with van der Waals surface area (Å²) < 4.78 is 6.11. The lowest BCUT2D eigenvalue weighted by Crippen LogP contribution is -1.99. The van der Waals surface area contributed by atoms with E-state index in [1.807, 2.05) is 50.3 Å². The first-order valence-corrected chi connectivity index (χ1v) is 9.92. The van der Waals surface area contributed by atoms with E-state index < -0.39 is 0 Å². The van der Waals surface area contributed by atoms with Gasteiger partial charge in [0.05, 0.1) is 0 Å². The van der Waals surface area contributed by atoms with Gasteiger partial charge in [-0.3, -0.25) is 0 Å². The zero-order valence-corrected chi connectivity index (χ0v) is 17.4. The summed E-state index contributed by atoms with van der Waals surface area (Å²) in [5.41, 5.74) is 3.77. The second-order valence-corrected chi connectivity index (χ2v) is 6.65. The molecule has 0 fully saturated rings. The number of rotatable bonds is 6. The van der Waals surface area contributed by atoms with Gasteiger partial charge in [-0.25, -0.2) is 4.98 Å². The van der Waals surface area contributed by atoms with Gasteiger partial charge in [0.25, 0.3) is 0 Å². The van der Waals surface area contributed by atoms with Gasteiger partial charge in [0.15, 0.2) is 11.6 Å². The van der Waals surface area contributed by atoms with Crippen LogP contribution in [-0.2, 0) is 6.42 Å². The number of aromatic nitrogens is 3. The van der Waals surface area contributed by atoms with E-state index in [4.69, 9.17) is 16.0 Å². The van der Waals surface area contributed by atoms with Crippen molar-refractivity contribution in [1.82, 2.24) is 15.0 Å². The molecule has 0 aliphatic rings. The molecule has 0 N–H and O–H groups in total. The molecule has 0 saturated carbocycles. The van der Waals surface area contributed by atoms with Crippen LogP contribution in [0.15, 0.2) is 46.9 Å². The van der Waals surface area contributed by atoms with Gasteiger partial charge in [-0.15, -0.1) is 0 Å². The molecule has 5 heteroatoms. The van der Waals surface area contributed by atoms with Crippen molar-refractivity contribution in [1.29, 1.82) is 0 Å². The van der Waals surface area contributed by atoms with Crippen LogP contribution in [0.2, 0.25) is 5.28 Å². The molecular formula is C23H24ClN3O. The number of benzene rings is 1. The maximum absolute atomic E-state index is 6.18. The minimum Gasteiger partial charge on any atom is -0.456 e. The second-order valence-electron chi connectivity index (χ2n) is 6.32. The van der Waals surface area contributed by atoms with Crippen LogP contribution in [0, 0.1) is 0 Å². The Morgan fingerprint density at radius 3 is 2.64 bits per heavy atom. The van der Waals surface area contributed by atoms with Gasteiger partial charge in [0, 0.05) is 22.1 Å². The van der Waals surface area contributed by atoms with Crippen molar-refractivity contribution in [3.8, 4) is 11.4 Å². The Bertz CT molecular complexity index is 1080. The van der Waals surface area contributed by atoms with E-state index in [0.29, 0.717) is 11.6 Å². The molecule has 0 atom stereocenters. The van der Waals surface area contributed by atoms with Gasteiger partial charge in [0.1, 0.15) is 11.3 Å². The molecule has 4 nitrogen and oxygen atoms in total. The van der Waals surface area contributed by atoms with Crippen LogP contribution < -0.4 is 0 Å². The van der Waals surface area contributed by atoms with Gasteiger partial charge in [-0.1, -0.05) is 50.3 Å². The number of hydrogen-bond acceptors (Lipinski definition) is 4. The van der Waals surface area contributed by atoms with Crippen molar-refractivity contribution in [2.75, 3.05) is 0 Å². The highest BCUT2D eigenvalue weighted by Crippen LogP contribution is 2.31. The van der Waals surface area contributed by atoms with Crippen molar-refractivity contribution in [3.05, 3.63) is 64.9 Å². The third-order valence-electron chi connectivity index (χ3n) is 4.46. The number of furan rings is 1. The summed E-state index contributed by atoms with van der Waals surface area (Å²) in [6, 6.07) is 6.04. The number of halogens is 1. The molecule has 28 heavy (non-hydrogen) atoms. The quantitative estimate of drug-likeness (QED) is 0.427. The van der Waals surface area contributed by atoms with Crippen LogP contribution in [0.3, 0.4) is 0 Å². The predicted octanol–water partition coefficient (Wildman–Crippen LogP) is 6.90. The fraction of sp³-hybridized carbons (Fsp3) is 0.261. The molecule has 0 bridgehead atoms. The van der Waals surface area contributed by atoms with Crippen LogP contribution in [0.4, 0.5) is 0 Å². The Kier molecular flexibility index (Phi) is 6.42. The number of aryl methyl sites for hydroxylation is 1. The van der Waals surface area contributed by atoms with Crippen molar-refractivity contribution in [2.24, 2.45) is 0 Å². The fourth-order valence-corrected chi connectivity index (χ4v) is 3.28. The molecule has 0 amide bonds. The van der Waals surface area contributed by atoms with E-state index in [2.05, 4.69) is 40.9 Å². The topological polar surface area (TPSA) is 51.8 Å². The van der Waals surface area contributed by atoms with E-state index in [1.54, 1.807) is 0 Å². The zero-order chi connectivity index (χ0) is 20.1. The lowest BCUT2D eigenvalue weighted by atomic mass is 10.1. The Morgan fingerprint density at radius 2 is 1.96 bits per heavy atom. The number of hydrogen-bond donors (Lipinski definition) is 0. The SMILES string of the molecule is C/C=C\C(=C/C)c1nc(Cl)nc(-c2ccc3c(CC)c(/C=C\CC)oc3c2)n1. The molecular weight excluding hydrogens is 370 g/mol. The van der Waals surface area contributed by atoms with E-state index in [0.717, 1.165) is 40.7 Å². The number of allylic oxidation sites excluding steroid dienone is 5. The number of nitrogens with zero attached hydrogens (tertiary/aromatic N) is 3. The predicted molar refractivity (Wildman–Crippen MR) is 117 cm³/mol. The summed E-state index contributed by atoms with van der Waals surface area (Å²) in [7, 11) is 0. The Hall–Kier alpha value is -2.72. The summed E-state index contributed by atoms with van der Waals surface area (Å²) in [4.78, 5) is 13.2. The first-order valence-electron chi connectivity index (χ1n) is 9.54. The molecule has 0 aliphatic heterocycles. The van der Waals surface area contributed by atoms with Crippen molar-refractivity contribution < 1.29 is 4.42 Å². The van der Waals surface area contributed by atoms with Gasteiger partial charge < -0.3 is 4.42 Å². The van der Waals surface area contributed by atoms with E-state index in [1.165, 1.54) is 5.56 Å². The molecule has 0 aliphatic carbocycles. The maximum Gasteiger partial charge on any atom is 0.226 e. The minimum atomic E-state index is 0.171. The first-order chi connectivity index (χ1) is 13.6. The molecule has 0 saturated heterocycles. The Morgan fingerprint density at radius 1 is 1.14 bits per heavy atom. The molecule has 1 aromatic carbocycles.